The van der Waals surface area contributed by atoms with Crippen molar-refractivity contribution in [2.24, 2.45) is 7.05 Å². The number of carbonyl (C=O) groups is 1. The Hall–Kier alpha value is -2.38. The van der Waals surface area contributed by atoms with E-state index in [1.165, 1.54) is 16.3 Å². The van der Waals surface area contributed by atoms with Gasteiger partial charge >= 0.3 is 0 Å². The second-order valence-corrected chi connectivity index (χ2v) is 7.33. The number of ether oxygens (including phenoxy) is 1. The van der Waals surface area contributed by atoms with Gasteiger partial charge in [0.2, 0.25) is 5.91 Å². The molecule has 0 saturated heterocycles. The van der Waals surface area contributed by atoms with Gasteiger partial charge in [-0.3, -0.25) is 14.2 Å². The Balaban J connectivity index is 1.93. The molecule has 26 heavy (non-hydrogen) atoms. The molecule has 3 aromatic rings. The Morgan fingerprint density at radius 1 is 1.31 bits per heavy atom. The number of hydrogen-bond acceptors (Lipinski definition) is 5. The van der Waals surface area contributed by atoms with Gasteiger partial charge in [0.05, 0.1) is 22.8 Å². The van der Waals surface area contributed by atoms with E-state index in [1.807, 2.05) is 36.4 Å². The van der Waals surface area contributed by atoms with E-state index in [0.29, 0.717) is 29.2 Å². The maximum atomic E-state index is 12.7. The summed E-state index contributed by atoms with van der Waals surface area (Å²) in [5, 5.41) is 5.56. The summed E-state index contributed by atoms with van der Waals surface area (Å²) < 4.78 is 6.43. The molecule has 0 unspecified atom stereocenters. The molecular weight excluding hydrogens is 350 g/mol. The van der Waals surface area contributed by atoms with Gasteiger partial charge in [-0.1, -0.05) is 36.0 Å². The molecule has 1 atom stereocenters. The van der Waals surface area contributed by atoms with E-state index < -0.39 is 0 Å². The van der Waals surface area contributed by atoms with Crippen molar-refractivity contribution >= 4 is 39.3 Å². The summed E-state index contributed by atoms with van der Waals surface area (Å²) in [5.74, 6) is -0.111. The number of amides is 1. The molecule has 3 rings (SSSR count). The number of thioether (sulfide) groups is 1. The van der Waals surface area contributed by atoms with Crippen LogP contribution in [0.2, 0.25) is 0 Å². The average molecular weight is 371 g/mol. The highest BCUT2D eigenvalue weighted by Crippen LogP contribution is 2.24. The summed E-state index contributed by atoms with van der Waals surface area (Å²) in [6.07, 6.45) is 0. The van der Waals surface area contributed by atoms with Gasteiger partial charge in [-0.05, 0) is 29.8 Å². The highest BCUT2D eigenvalue weighted by atomic mass is 32.2. The molecule has 1 heterocycles. The van der Waals surface area contributed by atoms with Crippen molar-refractivity contribution in [1.29, 1.82) is 0 Å². The highest BCUT2D eigenvalue weighted by Gasteiger charge is 2.18. The minimum atomic E-state index is -0.372. The van der Waals surface area contributed by atoms with Crippen molar-refractivity contribution in [2.75, 3.05) is 20.3 Å². The molecule has 1 aromatic heterocycles. The van der Waals surface area contributed by atoms with Crippen LogP contribution in [-0.2, 0) is 16.6 Å². The number of methoxy groups -OCH3 is 1. The maximum Gasteiger partial charge on any atom is 0.261 e. The van der Waals surface area contributed by atoms with Gasteiger partial charge in [0.25, 0.3) is 5.56 Å². The van der Waals surface area contributed by atoms with Gasteiger partial charge < -0.3 is 10.1 Å². The molecule has 2 aromatic carbocycles. The van der Waals surface area contributed by atoms with Crippen LogP contribution in [0.15, 0.2) is 46.3 Å². The van der Waals surface area contributed by atoms with Gasteiger partial charge in [-0.15, -0.1) is 0 Å². The Morgan fingerprint density at radius 3 is 2.69 bits per heavy atom. The summed E-state index contributed by atoms with van der Waals surface area (Å²) in [6, 6.07) is 11.7. The maximum absolute atomic E-state index is 12.7. The van der Waals surface area contributed by atoms with Crippen LogP contribution in [0.3, 0.4) is 0 Å². The van der Waals surface area contributed by atoms with Crippen molar-refractivity contribution in [1.82, 2.24) is 14.9 Å². The van der Waals surface area contributed by atoms with Crippen molar-refractivity contribution in [3.05, 3.63) is 46.8 Å². The molecule has 6 nitrogen and oxygen atoms in total. The third-order valence-corrected chi connectivity index (χ3v) is 5.30. The topological polar surface area (TPSA) is 73.2 Å². The van der Waals surface area contributed by atoms with Crippen LogP contribution >= 0.6 is 11.8 Å². The fourth-order valence-corrected chi connectivity index (χ4v) is 3.57. The minimum absolute atomic E-state index is 0.111. The number of carbonyl (C=O) groups excluding carboxylic acids is 1. The number of fused-ring (bicyclic) bond motifs is 2. The van der Waals surface area contributed by atoms with Crippen LogP contribution in [0.1, 0.15) is 6.92 Å². The molecule has 0 aliphatic heterocycles. The largest absolute Gasteiger partial charge is 0.383 e. The van der Waals surface area contributed by atoms with Crippen LogP contribution in [-0.4, -0.2) is 41.0 Å². The smallest absolute Gasteiger partial charge is 0.261 e. The number of aromatic nitrogens is 2. The van der Waals surface area contributed by atoms with E-state index >= 15 is 0 Å². The third kappa shape index (κ3) is 3.73. The first-order valence-corrected chi connectivity index (χ1v) is 9.22. The lowest BCUT2D eigenvalue weighted by molar-refractivity contribution is -0.120. The summed E-state index contributed by atoms with van der Waals surface area (Å²) in [5.41, 5.74) is 0.525. The normalized spacial score (nSPS) is 12.4. The van der Waals surface area contributed by atoms with Crippen LogP contribution < -0.4 is 10.9 Å². The third-order valence-electron chi connectivity index (χ3n) is 4.16. The molecule has 1 N–H and O–H groups in total. The first-order valence-electron chi connectivity index (χ1n) is 8.34. The van der Waals surface area contributed by atoms with Crippen LogP contribution in [0.4, 0.5) is 0 Å². The lowest BCUT2D eigenvalue weighted by Crippen LogP contribution is -2.33. The molecule has 1 amide bonds. The number of hydrogen-bond donors (Lipinski definition) is 1. The zero-order valence-electron chi connectivity index (χ0n) is 15.0. The molecule has 0 fully saturated rings. The predicted molar refractivity (Wildman–Crippen MR) is 105 cm³/mol. The van der Waals surface area contributed by atoms with Crippen molar-refractivity contribution in [3.8, 4) is 0 Å². The number of rotatable bonds is 6. The molecule has 0 spiro atoms. The SMILES string of the molecule is COCCNC(=O)[C@H](C)Sc1nc2cc3ccccc3cc2c(=O)n1C. The van der Waals surface area contributed by atoms with E-state index in [-0.39, 0.29) is 16.7 Å². The molecule has 0 aliphatic rings. The number of nitrogens with zero attached hydrogens (tertiary/aromatic N) is 2. The molecule has 136 valence electrons. The van der Waals surface area contributed by atoms with E-state index in [9.17, 15) is 9.59 Å². The zero-order valence-corrected chi connectivity index (χ0v) is 15.8. The van der Waals surface area contributed by atoms with Crippen molar-refractivity contribution in [3.63, 3.8) is 0 Å². The quantitative estimate of drug-likeness (QED) is 0.312. The standard InChI is InChI=1S/C19H21N3O3S/c1-12(17(23)20-8-9-25-3)26-19-21-16-11-14-7-5-4-6-13(14)10-15(16)18(24)22(19)2/h4-7,10-12H,8-9H2,1-3H3,(H,20,23)/t12-/m0/s1. The van der Waals surface area contributed by atoms with Crippen molar-refractivity contribution in [2.45, 2.75) is 17.3 Å². The van der Waals surface area contributed by atoms with E-state index in [1.54, 1.807) is 21.1 Å². The van der Waals surface area contributed by atoms with Crippen molar-refractivity contribution < 1.29 is 9.53 Å². The second-order valence-electron chi connectivity index (χ2n) is 6.02. The Kier molecular flexibility index (Phi) is 5.58. The van der Waals surface area contributed by atoms with E-state index in [2.05, 4.69) is 10.3 Å². The first-order chi connectivity index (χ1) is 12.5. The van der Waals surface area contributed by atoms with Gasteiger partial charge in [0.1, 0.15) is 0 Å². The fourth-order valence-electron chi connectivity index (χ4n) is 2.67. The highest BCUT2D eigenvalue weighted by molar-refractivity contribution is 8.00. The fraction of sp³-hybridized carbons (Fsp3) is 0.316. The molecule has 0 radical (unpaired) electrons. The van der Waals surface area contributed by atoms with E-state index in [4.69, 9.17) is 4.74 Å². The summed E-state index contributed by atoms with van der Waals surface area (Å²) in [6.45, 7) is 2.71. The van der Waals surface area contributed by atoms with Gasteiger partial charge in [0.15, 0.2) is 5.16 Å². The van der Waals surface area contributed by atoms with Crippen LogP contribution in [0.5, 0.6) is 0 Å². The Labute approximate surface area is 155 Å². The number of benzene rings is 2. The Bertz CT molecular complexity index is 1020. The zero-order chi connectivity index (χ0) is 18.7. The van der Waals surface area contributed by atoms with E-state index in [0.717, 1.165) is 10.8 Å². The molecular formula is C19H21N3O3S. The predicted octanol–water partition coefficient (Wildman–Crippen LogP) is 2.33. The molecule has 0 saturated carbocycles. The van der Waals surface area contributed by atoms with Gasteiger partial charge in [-0.25, -0.2) is 4.98 Å². The summed E-state index contributed by atoms with van der Waals surface area (Å²) in [4.78, 5) is 29.5. The van der Waals surface area contributed by atoms with Gasteiger partial charge in [0, 0.05) is 20.7 Å². The molecule has 7 heteroatoms. The molecule has 0 bridgehead atoms. The average Bonchev–Trinajstić information content (AvgIpc) is 2.64. The lowest BCUT2D eigenvalue weighted by atomic mass is 10.1. The molecule has 0 aliphatic carbocycles. The summed E-state index contributed by atoms with van der Waals surface area (Å²) >= 11 is 1.27. The monoisotopic (exact) mass is 371 g/mol. The second kappa shape index (κ2) is 7.88. The number of nitrogens with one attached hydrogen (secondary N) is 1. The van der Waals surface area contributed by atoms with Crippen LogP contribution in [0.25, 0.3) is 21.7 Å². The first kappa shape index (κ1) is 18.4. The van der Waals surface area contributed by atoms with Gasteiger partial charge in [-0.2, -0.15) is 0 Å². The Morgan fingerprint density at radius 2 is 2.00 bits per heavy atom. The minimum Gasteiger partial charge on any atom is -0.383 e. The summed E-state index contributed by atoms with van der Waals surface area (Å²) in [7, 11) is 3.27. The van der Waals surface area contributed by atoms with Crippen LogP contribution in [0, 0.1) is 0 Å². The lowest BCUT2D eigenvalue weighted by Gasteiger charge is -2.14.